The molecule has 4 rings (SSSR count). The molecule has 0 saturated heterocycles. The van der Waals surface area contributed by atoms with Gasteiger partial charge >= 0.3 is 5.97 Å². The van der Waals surface area contributed by atoms with Gasteiger partial charge in [-0.05, 0) is 44.0 Å². The number of hydrogen-bond acceptors (Lipinski definition) is 6. The second-order valence-corrected chi connectivity index (χ2v) is 8.22. The van der Waals surface area contributed by atoms with Crippen LogP contribution in [-0.2, 0) is 15.3 Å². The lowest BCUT2D eigenvalue weighted by molar-refractivity contribution is -0.139. The van der Waals surface area contributed by atoms with Gasteiger partial charge in [-0.25, -0.2) is 13.9 Å². The quantitative estimate of drug-likeness (QED) is 0.437. The summed E-state index contributed by atoms with van der Waals surface area (Å²) in [5.74, 6) is 0.538. The minimum absolute atomic E-state index is 0.262. The predicted molar refractivity (Wildman–Crippen MR) is 118 cm³/mol. The van der Waals surface area contributed by atoms with E-state index in [0.29, 0.717) is 34.7 Å². The Labute approximate surface area is 184 Å². The van der Waals surface area contributed by atoms with Crippen molar-refractivity contribution in [3.8, 4) is 0 Å². The summed E-state index contributed by atoms with van der Waals surface area (Å²) in [6, 6.07) is 13.9. The van der Waals surface area contributed by atoms with E-state index in [2.05, 4.69) is 15.4 Å². The van der Waals surface area contributed by atoms with Crippen molar-refractivity contribution in [3.63, 3.8) is 0 Å². The molecule has 1 aliphatic heterocycles. The molecule has 31 heavy (non-hydrogen) atoms. The summed E-state index contributed by atoms with van der Waals surface area (Å²) >= 11 is 1.45. The number of ether oxygens (including phenoxy) is 1. The number of carbonyl (C=O) groups is 1. The number of esters is 1. The first kappa shape index (κ1) is 21.1. The Morgan fingerprint density at radius 3 is 2.55 bits per heavy atom. The molecule has 0 unspecified atom stereocenters. The molecule has 1 N–H and O–H groups in total. The Hall–Kier alpha value is -3.13. The summed E-state index contributed by atoms with van der Waals surface area (Å²) in [7, 11) is 0. The van der Waals surface area contributed by atoms with E-state index in [1.807, 2.05) is 38.1 Å². The van der Waals surface area contributed by atoms with Gasteiger partial charge in [0.05, 0.1) is 12.2 Å². The maximum atomic E-state index is 13.1. The number of nitrogens with one attached hydrogen (secondary N) is 1. The monoisotopic (exact) mass is 438 g/mol. The van der Waals surface area contributed by atoms with E-state index in [-0.39, 0.29) is 11.8 Å². The lowest BCUT2D eigenvalue weighted by atomic mass is 9.95. The third-order valence-corrected chi connectivity index (χ3v) is 5.91. The molecule has 3 aromatic rings. The molecule has 2 aromatic carbocycles. The van der Waals surface area contributed by atoms with Crippen molar-refractivity contribution in [2.24, 2.45) is 0 Å². The fourth-order valence-corrected chi connectivity index (χ4v) is 4.24. The number of aromatic nitrogens is 3. The average Bonchev–Trinajstić information content (AvgIpc) is 3.15. The van der Waals surface area contributed by atoms with Gasteiger partial charge in [-0.1, -0.05) is 53.7 Å². The topological polar surface area (TPSA) is 69.0 Å². The van der Waals surface area contributed by atoms with E-state index in [0.717, 1.165) is 16.7 Å². The number of aryl methyl sites for hydroxylation is 1. The molecule has 160 valence electrons. The molecule has 1 aromatic heterocycles. The van der Waals surface area contributed by atoms with Crippen LogP contribution in [-0.4, -0.2) is 27.3 Å². The van der Waals surface area contributed by atoms with Crippen LogP contribution in [0, 0.1) is 12.7 Å². The Kier molecular flexibility index (Phi) is 6.08. The molecule has 1 atom stereocenters. The minimum Gasteiger partial charge on any atom is -0.463 e. The van der Waals surface area contributed by atoms with Crippen molar-refractivity contribution in [2.45, 2.75) is 37.7 Å². The van der Waals surface area contributed by atoms with Gasteiger partial charge in [0.25, 0.3) is 0 Å². The average molecular weight is 439 g/mol. The summed E-state index contributed by atoms with van der Waals surface area (Å²) in [4.78, 5) is 17.4. The molecule has 0 amide bonds. The zero-order valence-corrected chi connectivity index (χ0v) is 18.4. The number of benzene rings is 2. The van der Waals surface area contributed by atoms with Gasteiger partial charge in [-0.3, -0.25) is 0 Å². The second kappa shape index (κ2) is 8.93. The van der Waals surface area contributed by atoms with E-state index in [1.165, 1.54) is 23.9 Å². The maximum absolute atomic E-state index is 13.1. The lowest BCUT2D eigenvalue weighted by Crippen LogP contribution is -2.29. The highest BCUT2D eigenvalue weighted by molar-refractivity contribution is 7.98. The molecule has 0 fully saturated rings. The van der Waals surface area contributed by atoms with Gasteiger partial charge in [0.1, 0.15) is 11.9 Å². The van der Waals surface area contributed by atoms with Crippen LogP contribution in [0.1, 0.15) is 36.6 Å². The summed E-state index contributed by atoms with van der Waals surface area (Å²) in [6.45, 7) is 5.94. The fraction of sp³-hybridized carbons (Fsp3) is 0.261. The smallest absolute Gasteiger partial charge is 0.338 e. The van der Waals surface area contributed by atoms with Gasteiger partial charge < -0.3 is 10.1 Å². The number of thioether (sulfide) groups is 1. The highest BCUT2D eigenvalue weighted by atomic mass is 32.2. The van der Waals surface area contributed by atoms with E-state index in [1.54, 1.807) is 23.7 Å². The van der Waals surface area contributed by atoms with Crippen LogP contribution < -0.4 is 5.32 Å². The number of rotatable bonds is 6. The third-order valence-electron chi connectivity index (χ3n) is 5.00. The Balaban J connectivity index is 1.67. The van der Waals surface area contributed by atoms with Crippen molar-refractivity contribution in [1.82, 2.24) is 14.8 Å². The molecule has 1 aliphatic rings. The lowest BCUT2D eigenvalue weighted by Gasteiger charge is -2.28. The van der Waals surface area contributed by atoms with Crippen LogP contribution in [0.5, 0.6) is 0 Å². The van der Waals surface area contributed by atoms with Crippen molar-refractivity contribution in [1.29, 1.82) is 0 Å². The summed E-state index contributed by atoms with van der Waals surface area (Å²) in [6.07, 6.45) is 0. The van der Waals surface area contributed by atoms with Gasteiger partial charge in [0.2, 0.25) is 11.1 Å². The number of allylic oxidation sites excluding steroid dienone is 1. The Morgan fingerprint density at radius 1 is 1.16 bits per heavy atom. The van der Waals surface area contributed by atoms with Crippen LogP contribution in [0.25, 0.3) is 0 Å². The Bertz CT molecular complexity index is 1120. The number of anilines is 1. The molecular formula is C23H23FN4O2S. The van der Waals surface area contributed by atoms with Crippen molar-refractivity contribution < 1.29 is 13.9 Å². The van der Waals surface area contributed by atoms with Gasteiger partial charge in [0, 0.05) is 11.4 Å². The number of carbonyl (C=O) groups excluding carboxylic acids is 1. The SMILES string of the molecule is CCOC(=O)C1=C(C)Nc2nc(SCc3ccc(F)cc3)nn2[C@@H]1c1ccc(C)cc1. The Morgan fingerprint density at radius 2 is 1.87 bits per heavy atom. The van der Waals surface area contributed by atoms with E-state index < -0.39 is 6.04 Å². The molecule has 8 heteroatoms. The zero-order valence-electron chi connectivity index (χ0n) is 17.6. The van der Waals surface area contributed by atoms with Gasteiger partial charge in [0.15, 0.2) is 0 Å². The number of fused-ring (bicyclic) bond motifs is 1. The minimum atomic E-state index is -0.441. The zero-order chi connectivity index (χ0) is 22.0. The largest absolute Gasteiger partial charge is 0.463 e. The van der Waals surface area contributed by atoms with Crippen LogP contribution in [0.15, 0.2) is 65.0 Å². The first-order chi connectivity index (χ1) is 15.0. The van der Waals surface area contributed by atoms with Crippen LogP contribution in [0.3, 0.4) is 0 Å². The van der Waals surface area contributed by atoms with Crippen molar-refractivity contribution in [3.05, 3.63) is 82.3 Å². The first-order valence-corrected chi connectivity index (χ1v) is 11.0. The van der Waals surface area contributed by atoms with Crippen LogP contribution in [0.4, 0.5) is 10.3 Å². The van der Waals surface area contributed by atoms with E-state index in [9.17, 15) is 9.18 Å². The third kappa shape index (κ3) is 4.49. The van der Waals surface area contributed by atoms with Crippen molar-refractivity contribution >= 4 is 23.7 Å². The fourth-order valence-electron chi connectivity index (χ4n) is 3.45. The molecule has 6 nitrogen and oxygen atoms in total. The summed E-state index contributed by atoms with van der Waals surface area (Å²) < 4.78 is 20.2. The molecule has 0 saturated carbocycles. The summed E-state index contributed by atoms with van der Waals surface area (Å²) in [5.41, 5.74) is 4.24. The predicted octanol–water partition coefficient (Wildman–Crippen LogP) is 4.87. The van der Waals surface area contributed by atoms with E-state index in [4.69, 9.17) is 4.74 Å². The number of hydrogen-bond donors (Lipinski definition) is 1. The standard InChI is InChI=1S/C23H23FN4O2S/c1-4-30-21(29)19-15(3)25-22-26-23(31-13-16-7-11-18(24)12-8-16)27-28(22)20(19)17-9-5-14(2)6-10-17/h5-12,20H,4,13H2,1-3H3,(H,25,26,27)/t20-/m1/s1. The molecule has 0 spiro atoms. The number of nitrogens with zero attached hydrogens (tertiary/aromatic N) is 3. The van der Waals surface area contributed by atoms with Gasteiger partial charge in [-0.2, -0.15) is 4.98 Å². The molecule has 0 radical (unpaired) electrons. The van der Waals surface area contributed by atoms with Crippen LogP contribution in [0.2, 0.25) is 0 Å². The maximum Gasteiger partial charge on any atom is 0.338 e. The van der Waals surface area contributed by atoms with Gasteiger partial charge in [-0.15, -0.1) is 5.10 Å². The van der Waals surface area contributed by atoms with E-state index >= 15 is 0 Å². The molecule has 0 aliphatic carbocycles. The summed E-state index contributed by atoms with van der Waals surface area (Å²) in [5, 5.41) is 8.44. The molecular weight excluding hydrogens is 415 g/mol. The molecule has 2 heterocycles. The first-order valence-electron chi connectivity index (χ1n) is 10.0. The normalized spacial score (nSPS) is 15.4. The highest BCUT2D eigenvalue weighted by Gasteiger charge is 2.35. The van der Waals surface area contributed by atoms with Crippen molar-refractivity contribution in [2.75, 3.05) is 11.9 Å². The highest BCUT2D eigenvalue weighted by Crippen LogP contribution is 2.37. The molecule has 0 bridgehead atoms. The second-order valence-electron chi connectivity index (χ2n) is 7.28. The number of halogens is 1. The van der Waals surface area contributed by atoms with Crippen LogP contribution >= 0.6 is 11.8 Å².